The van der Waals surface area contributed by atoms with Crippen LogP contribution >= 0.6 is 0 Å². The Balaban J connectivity index is 1.30. The minimum absolute atomic E-state index is 0.690. The van der Waals surface area contributed by atoms with Gasteiger partial charge in [0.1, 0.15) is 11.4 Å². The molecule has 0 unspecified atom stereocenters. The Kier molecular flexibility index (Phi) is 7.91. The molecule has 0 aliphatic carbocycles. The standard InChI is InChI=1S/C38H34N6O/c39-26-30-17-16-29(24-36(30)42-35-18-19-40-37(25-35)43-20-22-45-23-21-43)31-27-41-44(28-31)38(32-10-4-1-5-11-32,33-12-6-2-7-13-33)34-14-8-3-9-15-34/h1-19,24-28,39H,20-23H2,(H,40,42). The number of morpholine rings is 1. The molecule has 0 bridgehead atoms. The summed E-state index contributed by atoms with van der Waals surface area (Å²) in [5.74, 6) is 0.913. The maximum Gasteiger partial charge on any atom is 0.138 e. The van der Waals surface area contributed by atoms with E-state index in [0.29, 0.717) is 13.2 Å². The number of pyridine rings is 1. The number of nitrogens with zero attached hydrogens (tertiary/aromatic N) is 4. The third-order valence-electron chi connectivity index (χ3n) is 8.40. The van der Waals surface area contributed by atoms with Crippen molar-refractivity contribution in [3.63, 3.8) is 0 Å². The van der Waals surface area contributed by atoms with Crippen LogP contribution in [0.4, 0.5) is 17.2 Å². The highest BCUT2D eigenvalue weighted by atomic mass is 16.5. The second kappa shape index (κ2) is 12.6. The Labute approximate surface area is 263 Å². The predicted molar refractivity (Wildman–Crippen MR) is 181 cm³/mol. The van der Waals surface area contributed by atoms with Crippen molar-refractivity contribution in [3.05, 3.63) is 162 Å². The van der Waals surface area contributed by atoms with Crippen LogP contribution in [0.2, 0.25) is 0 Å². The topological polar surface area (TPSA) is 79.1 Å². The van der Waals surface area contributed by atoms with Gasteiger partial charge in [0.2, 0.25) is 0 Å². The molecule has 0 radical (unpaired) electrons. The van der Waals surface area contributed by atoms with Gasteiger partial charge < -0.3 is 20.4 Å². The summed E-state index contributed by atoms with van der Waals surface area (Å²) in [5.41, 5.74) is 7.19. The average Bonchev–Trinajstić information content (AvgIpc) is 3.61. The zero-order chi connectivity index (χ0) is 30.5. The van der Waals surface area contributed by atoms with Crippen molar-refractivity contribution < 1.29 is 4.74 Å². The molecule has 3 heterocycles. The first-order valence-corrected chi connectivity index (χ1v) is 15.2. The van der Waals surface area contributed by atoms with Crippen LogP contribution in [-0.4, -0.2) is 47.3 Å². The lowest BCUT2D eigenvalue weighted by molar-refractivity contribution is 0.122. The summed E-state index contributed by atoms with van der Waals surface area (Å²) in [6.45, 7) is 3.04. The molecule has 4 aromatic carbocycles. The fourth-order valence-corrected chi connectivity index (χ4v) is 6.18. The number of ether oxygens (including phenoxy) is 1. The fraction of sp³-hybridized carbons (Fsp3) is 0.132. The van der Waals surface area contributed by atoms with Gasteiger partial charge >= 0.3 is 0 Å². The quantitative estimate of drug-likeness (QED) is 0.136. The Morgan fingerprint density at radius 3 is 1.96 bits per heavy atom. The first-order valence-electron chi connectivity index (χ1n) is 15.2. The van der Waals surface area contributed by atoms with Gasteiger partial charge in [0.15, 0.2) is 0 Å². The second-order valence-corrected chi connectivity index (χ2v) is 11.1. The molecule has 0 amide bonds. The van der Waals surface area contributed by atoms with Crippen molar-refractivity contribution in [2.45, 2.75) is 5.54 Å². The third kappa shape index (κ3) is 5.50. The largest absolute Gasteiger partial charge is 0.378 e. The van der Waals surface area contributed by atoms with E-state index < -0.39 is 5.54 Å². The van der Waals surface area contributed by atoms with E-state index in [4.69, 9.17) is 15.2 Å². The summed E-state index contributed by atoms with van der Waals surface area (Å²) in [6.07, 6.45) is 7.25. The molecule has 1 fully saturated rings. The summed E-state index contributed by atoms with van der Waals surface area (Å²) in [5, 5.41) is 16.7. The molecule has 1 aliphatic heterocycles. The van der Waals surface area contributed by atoms with Gasteiger partial charge in [-0.15, -0.1) is 0 Å². The van der Waals surface area contributed by atoms with E-state index >= 15 is 0 Å². The lowest BCUT2D eigenvalue weighted by Gasteiger charge is -2.36. The number of nitrogens with one attached hydrogen (secondary N) is 2. The first kappa shape index (κ1) is 28.3. The highest BCUT2D eigenvalue weighted by molar-refractivity contribution is 5.89. The van der Waals surface area contributed by atoms with E-state index in [2.05, 4.69) is 111 Å². The zero-order valence-corrected chi connectivity index (χ0v) is 24.9. The molecule has 0 atom stereocenters. The summed E-state index contributed by atoms with van der Waals surface area (Å²) in [7, 11) is 0. The highest BCUT2D eigenvalue weighted by Crippen LogP contribution is 2.41. The Morgan fingerprint density at radius 2 is 1.36 bits per heavy atom. The molecular formula is C38H34N6O. The molecule has 2 aromatic heterocycles. The molecule has 2 N–H and O–H groups in total. The normalized spacial score (nSPS) is 13.4. The van der Waals surface area contributed by atoms with E-state index in [1.54, 1.807) is 0 Å². The monoisotopic (exact) mass is 590 g/mol. The van der Waals surface area contributed by atoms with Gasteiger partial charge in [-0.1, -0.05) is 103 Å². The Morgan fingerprint density at radius 1 is 0.733 bits per heavy atom. The summed E-state index contributed by atoms with van der Waals surface area (Å²) >= 11 is 0. The molecule has 0 spiro atoms. The second-order valence-electron chi connectivity index (χ2n) is 11.1. The van der Waals surface area contributed by atoms with Gasteiger partial charge in [-0.3, -0.25) is 4.68 Å². The van der Waals surface area contributed by atoms with E-state index in [-0.39, 0.29) is 0 Å². The fourth-order valence-electron chi connectivity index (χ4n) is 6.18. The molecule has 45 heavy (non-hydrogen) atoms. The number of anilines is 3. The molecule has 7 rings (SSSR count). The van der Waals surface area contributed by atoms with Crippen LogP contribution in [-0.2, 0) is 10.3 Å². The SMILES string of the molecule is N=Cc1ccc(-c2cnn(C(c3ccccc3)(c3ccccc3)c3ccccc3)c2)cc1Nc1ccnc(N2CCOCC2)c1. The van der Waals surface area contributed by atoms with Crippen molar-refractivity contribution in [1.82, 2.24) is 14.8 Å². The van der Waals surface area contributed by atoms with Crippen molar-refractivity contribution in [2.24, 2.45) is 0 Å². The molecule has 6 aromatic rings. The van der Waals surface area contributed by atoms with Gasteiger partial charge in [-0.25, -0.2) is 4.98 Å². The van der Waals surface area contributed by atoms with Crippen LogP contribution in [0.15, 0.2) is 140 Å². The van der Waals surface area contributed by atoms with Crippen molar-refractivity contribution >= 4 is 23.4 Å². The van der Waals surface area contributed by atoms with Crippen LogP contribution in [0.1, 0.15) is 22.3 Å². The van der Waals surface area contributed by atoms with E-state index in [9.17, 15) is 0 Å². The summed E-state index contributed by atoms with van der Waals surface area (Å²) < 4.78 is 7.59. The van der Waals surface area contributed by atoms with E-state index in [1.165, 1.54) is 6.21 Å². The van der Waals surface area contributed by atoms with Crippen molar-refractivity contribution in [2.75, 3.05) is 36.5 Å². The van der Waals surface area contributed by atoms with Crippen molar-refractivity contribution in [1.29, 1.82) is 5.41 Å². The molecule has 0 saturated carbocycles. The number of aromatic nitrogens is 3. The minimum atomic E-state index is -0.690. The number of rotatable bonds is 9. The van der Waals surface area contributed by atoms with Crippen LogP contribution in [0.25, 0.3) is 11.1 Å². The van der Waals surface area contributed by atoms with Crippen LogP contribution < -0.4 is 10.2 Å². The van der Waals surface area contributed by atoms with Crippen LogP contribution in [0, 0.1) is 5.41 Å². The summed E-state index contributed by atoms with van der Waals surface area (Å²) in [6, 6.07) is 41.8. The lowest BCUT2D eigenvalue weighted by Crippen LogP contribution is -2.38. The molecule has 7 heteroatoms. The number of benzene rings is 4. The third-order valence-corrected chi connectivity index (χ3v) is 8.40. The average molecular weight is 591 g/mol. The van der Waals surface area contributed by atoms with Crippen molar-refractivity contribution in [3.8, 4) is 11.1 Å². The number of hydrogen-bond acceptors (Lipinski definition) is 6. The smallest absolute Gasteiger partial charge is 0.138 e. The van der Waals surface area contributed by atoms with Gasteiger partial charge in [-0.05, 0) is 34.4 Å². The highest BCUT2D eigenvalue weighted by Gasteiger charge is 2.39. The number of hydrogen-bond donors (Lipinski definition) is 2. The maximum atomic E-state index is 8.08. The molecule has 7 nitrogen and oxygen atoms in total. The van der Waals surface area contributed by atoms with Crippen LogP contribution in [0.3, 0.4) is 0 Å². The van der Waals surface area contributed by atoms with E-state index in [0.717, 1.165) is 63.7 Å². The summed E-state index contributed by atoms with van der Waals surface area (Å²) in [4.78, 5) is 6.82. The lowest BCUT2D eigenvalue weighted by atomic mass is 9.77. The predicted octanol–water partition coefficient (Wildman–Crippen LogP) is 7.36. The van der Waals surface area contributed by atoms with Crippen LogP contribution in [0.5, 0.6) is 0 Å². The molecule has 1 aliphatic rings. The molecule has 222 valence electrons. The van der Waals surface area contributed by atoms with Gasteiger partial charge in [-0.2, -0.15) is 5.10 Å². The Hall–Kier alpha value is -5.53. The maximum absolute atomic E-state index is 8.08. The first-order chi connectivity index (χ1) is 22.3. The van der Waals surface area contributed by atoms with Gasteiger partial charge in [0.25, 0.3) is 0 Å². The minimum Gasteiger partial charge on any atom is -0.378 e. The zero-order valence-electron chi connectivity index (χ0n) is 24.9. The van der Waals surface area contributed by atoms with Gasteiger partial charge in [0.05, 0.1) is 19.4 Å². The Bertz CT molecular complexity index is 1790. The molecule has 1 saturated heterocycles. The van der Waals surface area contributed by atoms with Gasteiger partial charge in [0, 0.05) is 60.3 Å². The molecular weight excluding hydrogens is 556 g/mol. The van der Waals surface area contributed by atoms with E-state index in [1.807, 2.05) is 48.8 Å².